The third-order valence-corrected chi connectivity index (χ3v) is 2.71. The number of aryl methyl sites for hydroxylation is 1. The van der Waals surface area contributed by atoms with E-state index in [9.17, 15) is 0 Å². The Bertz CT molecular complexity index is 419. The second kappa shape index (κ2) is 4.28. The van der Waals surface area contributed by atoms with Crippen LogP contribution in [0.15, 0.2) is 34.8 Å². The maximum atomic E-state index is 5.41. The molecule has 0 unspecified atom stereocenters. The summed E-state index contributed by atoms with van der Waals surface area (Å²) in [6, 6.07) is 8.42. The van der Waals surface area contributed by atoms with Gasteiger partial charge in [0.2, 0.25) is 0 Å². The third-order valence-electron chi connectivity index (χ3n) is 2.71. The van der Waals surface area contributed by atoms with Crippen LogP contribution >= 0.6 is 0 Å². The van der Waals surface area contributed by atoms with Crippen LogP contribution in [0.3, 0.4) is 0 Å². The fraction of sp³-hybridized carbons (Fsp3) is 0.250. The monoisotopic (exact) mass is 201 g/mol. The van der Waals surface area contributed by atoms with Crippen LogP contribution in [0.4, 0.5) is 0 Å². The average Bonchev–Trinajstić information content (AvgIpc) is 2.30. The molecule has 0 saturated heterocycles. The van der Waals surface area contributed by atoms with Gasteiger partial charge in [0, 0.05) is 7.05 Å². The first kappa shape index (κ1) is 9.93. The van der Waals surface area contributed by atoms with E-state index in [-0.39, 0.29) is 0 Å². The number of nitrogens with one attached hydrogen (secondary N) is 1. The van der Waals surface area contributed by atoms with Crippen molar-refractivity contribution in [1.82, 2.24) is 5.43 Å². The molecule has 0 amide bonds. The topological polar surface area (TPSA) is 50.4 Å². The average molecular weight is 201 g/mol. The van der Waals surface area contributed by atoms with Crippen LogP contribution in [0.2, 0.25) is 0 Å². The zero-order valence-electron chi connectivity index (χ0n) is 8.83. The first-order valence-corrected chi connectivity index (χ1v) is 5.07. The van der Waals surface area contributed by atoms with Crippen molar-refractivity contribution >= 4 is 11.9 Å². The first-order chi connectivity index (χ1) is 7.35. The number of aliphatic imine (C=N–C) groups is 1. The van der Waals surface area contributed by atoms with Gasteiger partial charge in [-0.1, -0.05) is 24.3 Å². The highest BCUT2D eigenvalue weighted by Gasteiger charge is 2.12. The lowest BCUT2D eigenvalue weighted by Crippen LogP contribution is -2.32. The lowest BCUT2D eigenvalue weighted by Gasteiger charge is -2.17. The minimum atomic E-state index is 0.782. The molecule has 0 radical (unpaired) electrons. The van der Waals surface area contributed by atoms with E-state index in [2.05, 4.69) is 40.8 Å². The highest BCUT2D eigenvalue weighted by Crippen LogP contribution is 2.23. The smallest absolute Gasteiger partial charge is 0.138 e. The van der Waals surface area contributed by atoms with Crippen LogP contribution in [0.25, 0.3) is 6.08 Å². The molecule has 0 spiro atoms. The van der Waals surface area contributed by atoms with Gasteiger partial charge in [0.05, 0.1) is 0 Å². The summed E-state index contributed by atoms with van der Waals surface area (Å²) in [4.78, 5) is 4.12. The Balaban J connectivity index is 2.37. The predicted molar refractivity (Wildman–Crippen MR) is 63.4 cm³/mol. The summed E-state index contributed by atoms with van der Waals surface area (Å²) >= 11 is 0. The normalized spacial score (nSPS) is 15.6. The Morgan fingerprint density at radius 2 is 2.13 bits per heavy atom. The summed E-state index contributed by atoms with van der Waals surface area (Å²) in [5.74, 6) is 6.19. The van der Waals surface area contributed by atoms with Crippen molar-refractivity contribution in [2.75, 3.05) is 7.05 Å². The molecule has 0 aromatic heterocycles. The Hall–Kier alpha value is -1.61. The van der Waals surface area contributed by atoms with E-state index in [1.165, 1.54) is 16.7 Å². The Kier molecular flexibility index (Phi) is 2.83. The maximum absolute atomic E-state index is 5.41. The van der Waals surface area contributed by atoms with E-state index in [1.807, 2.05) is 0 Å². The van der Waals surface area contributed by atoms with Gasteiger partial charge in [-0.05, 0) is 35.6 Å². The maximum Gasteiger partial charge on any atom is 0.138 e. The van der Waals surface area contributed by atoms with E-state index in [4.69, 9.17) is 5.84 Å². The van der Waals surface area contributed by atoms with Gasteiger partial charge in [-0.3, -0.25) is 4.99 Å². The van der Waals surface area contributed by atoms with Gasteiger partial charge in [0.15, 0.2) is 0 Å². The molecule has 0 aliphatic heterocycles. The summed E-state index contributed by atoms with van der Waals surface area (Å²) in [6.07, 6.45) is 4.21. The molecule has 3 N–H and O–H groups in total. The fourth-order valence-electron chi connectivity index (χ4n) is 1.92. The molecule has 0 heterocycles. The van der Waals surface area contributed by atoms with Crippen molar-refractivity contribution < 1.29 is 0 Å². The van der Waals surface area contributed by atoms with E-state index in [1.54, 1.807) is 7.05 Å². The van der Waals surface area contributed by atoms with Crippen LogP contribution in [-0.4, -0.2) is 12.9 Å². The number of nitrogens with two attached hydrogens (primary N) is 1. The molecule has 1 aromatic carbocycles. The number of benzene rings is 1. The highest BCUT2D eigenvalue weighted by atomic mass is 15.2. The minimum absolute atomic E-state index is 0.782. The first-order valence-electron chi connectivity index (χ1n) is 5.07. The Morgan fingerprint density at radius 3 is 2.87 bits per heavy atom. The number of hydrogen-bond donors (Lipinski definition) is 2. The summed E-state index contributed by atoms with van der Waals surface area (Å²) < 4.78 is 0. The molecule has 2 rings (SSSR count). The SMILES string of the molecule is CN=C(NN)C1=Cc2ccccc2CC1. The van der Waals surface area contributed by atoms with Gasteiger partial charge in [-0.2, -0.15) is 0 Å². The molecule has 0 bridgehead atoms. The van der Waals surface area contributed by atoms with Crippen LogP contribution in [0, 0.1) is 0 Å². The standard InChI is InChI=1S/C12H15N3/c1-14-12(15-13)11-7-6-9-4-2-3-5-10(9)8-11/h2-5,8H,6-7,13H2,1H3,(H,14,15). The predicted octanol–water partition coefficient (Wildman–Crippen LogP) is 1.51. The zero-order chi connectivity index (χ0) is 10.7. The van der Waals surface area contributed by atoms with E-state index < -0.39 is 0 Å². The number of rotatable bonds is 1. The van der Waals surface area contributed by atoms with Gasteiger partial charge >= 0.3 is 0 Å². The largest absolute Gasteiger partial charge is 0.309 e. The molecule has 15 heavy (non-hydrogen) atoms. The fourth-order valence-corrected chi connectivity index (χ4v) is 1.92. The van der Waals surface area contributed by atoms with Crippen molar-refractivity contribution in [2.45, 2.75) is 12.8 Å². The van der Waals surface area contributed by atoms with Crippen LogP contribution < -0.4 is 11.3 Å². The molecule has 1 aliphatic carbocycles. The van der Waals surface area contributed by atoms with E-state index in [0.717, 1.165) is 18.7 Å². The molecule has 78 valence electrons. The zero-order valence-corrected chi connectivity index (χ0v) is 8.83. The minimum Gasteiger partial charge on any atom is -0.309 e. The van der Waals surface area contributed by atoms with Crippen molar-refractivity contribution in [2.24, 2.45) is 10.8 Å². The molecular formula is C12H15N3. The summed E-state index contributed by atoms with van der Waals surface area (Å²) in [5.41, 5.74) is 6.48. The Morgan fingerprint density at radius 1 is 1.33 bits per heavy atom. The van der Waals surface area contributed by atoms with Crippen molar-refractivity contribution in [3.63, 3.8) is 0 Å². The number of hydrazine groups is 1. The van der Waals surface area contributed by atoms with E-state index in [0.29, 0.717) is 0 Å². The van der Waals surface area contributed by atoms with Gasteiger partial charge in [-0.25, -0.2) is 5.84 Å². The van der Waals surface area contributed by atoms with Crippen LogP contribution in [-0.2, 0) is 6.42 Å². The molecule has 1 aromatic rings. The van der Waals surface area contributed by atoms with Gasteiger partial charge in [0.1, 0.15) is 5.84 Å². The lowest BCUT2D eigenvalue weighted by molar-refractivity contribution is 0.926. The summed E-state index contributed by atoms with van der Waals surface area (Å²) in [7, 11) is 1.75. The Labute approximate surface area is 89.7 Å². The summed E-state index contributed by atoms with van der Waals surface area (Å²) in [5, 5.41) is 0. The number of nitrogens with zero attached hydrogens (tertiary/aromatic N) is 1. The number of hydrogen-bond acceptors (Lipinski definition) is 2. The molecule has 3 heteroatoms. The molecular weight excluding hydrogens is 186 g/mol. The quantitative estimate of drug-likeness (QED) is 0.313. The van der Waals surface area contributed by atoms with Gasteiger partial charge in [0.25, 0.3) is 0 Å². The van der Waals surface area contributed by atoms with Gasteiger partial charge < -0.3 is 5.43 Å². The molecule has 0 saturated carbocycles. The van der Waals surface area contributed by atoms with Crippen LogP contribution in [0.5, 0.6) is 0 Å². The lowest BCUT2D eigenvalue weighted by atomic mass is 9.92. The summed E-state index contributed by atoms with van der Waals surface area (Å²) in [6.45, 7) is 0. The number of amidine groups is 1. The van der Waals surface area contributed by atoms with E-state index >= 15 is 0 Å². The van der Waals surface area contributed by atoms with Crippen molar-refractivity contribution in [3.8, 4) is 0 Å². The molecule has 0 fully saturated rings. The second-order valence-corrected chi connectivity index (χ2v) is 3.58. The molecule has 0 atom stereocenters. The third kappa shape index (κ3) is 1.92. The second-order valence-electron chi connectivity index (χ2n) is 3.58. The van der Waals surface area contributed by atoms with Crippen LogP contribution in [0.1, 0.15) is 17.5 Å². The van der Waals surface area contributed by atoms with Crippen molar-refractivity contribution in [1.29, 1.82) is 0 Å². The molecule has 1 aliphatic rings. The van der Waals surface area contributed by atoms with Crippen molar-refractivity contribution in [3.05, 3.63) is 41.0 Å². The van der Waals surface area contributed by atoms with Gasteiger partial charge in [-0.15, -0.1) is 0 Å². The number of fused-ring (bicyclic) bond motifs is 1. The molecule has 3 nitrogen and oxygen atoms in total. The highest BCUT2D eigenvalue weighted by molar-refractivity contribution is 6.02.